The van der Waals surface area contributed by atoms with E-state index in [4.69, 9.17) is 0 Å². The van der Waals surface area contributed by atoms with E-state index in [0.29, 0.717) is 13.0 Å². The van der Waals surface area contributed by atoms with E-state index >= 15 is 0 Å². The second-order valence-corrected chi connectivity index (χ2v) is 13.8. The van der Waals surface area contributed by atoms with Crippen molar-refractivity contribution in [2.24, 2.45) is 23.7 Å². The molecular weight excluding hydrogens is 522 g/mol. The molecule has 2 aromatic carbocycles. The number of aliphatic hydroxyl groups excluding tert-OH is 1. The molecule has 214 valence electrons. The maximum atomic E-state index is 14.4. The minimum atomic E-state index is -0.781. The Balaban J connectivity index is 1.52. The fourth-order valence-corrected chi connectivity index (χ4v) is 9.79. The summed E-state index contributed by atoms with van der Waals surface area (Å²) in [5.41, 5.74) is 3.66. The van der Waals surface area contributed by atoms with Crippen molar-refractivity contribution in [2.75, 3.05) is 11.9 Å². The number of aryl methyl sites for hydroxylation is 2. The predicted molar refractivity (Wildman–Crippen MR) is 159 cm³/mol. The lowest BCUT2D eigenvalue weighted by molar-refractivity contribution is -0.142. The molecule has 1 spiro atoms. The number of rotatable bonds is 9. The summed E-state index contributed by atoms with van der Waals surface area (Å²) < 4.78 is -0.735. The Bertz CT molecular complexity index is 1260. The third-order valence-corrected chi connectivity index (χ3v) is 11.2. The molecule has 0 radical (unpaired) electrons. The maximum Gasteiger partial charge on any atom is 0.248 e. The quantitative estimate of drug-likeness (QED) is 0.423. The molecule has 3 saturated heterocycles. The third-order valence-electron chi connectivity index (χ3n) is 9.12. The van der Waals surface area contributed by atoms with Gasteiger partial charge in [-0.3, -0.25) is 14.4 Å². The lowest BCUT2D eigenvalue weighted by atomic mass is 9.66. The summed E-state index contributed by atoms with van der Waals surface area (Å²) in [5.74, 6) is -1.39. The number of hydrogen-bond acceptors (Lipinski definition) is 5. The minimum absolute atomic E-state index is 0.0324. The second kappa shape index (κ2) is 11.2. The van der Waals surface area contributed by atoms with Crippen molar-refractivity contribution in [3.05, 3.63) is 65.2 Å². The van der Waals surface area contributed by atoms with Crippen LogP contribution in [0, 0.1) is 37.5 Å². The molecule has 3 N–H and O–H groups in total. The Morgan fingerprint density at radius 3 is 2.38 bits per heavy atom. The topological polar surface area (TPSA) is 98.7 Å². The number of hydrogen-bond donors (Lipinski definition) is 3. The molecule has 5 rings (SSSR count). The number of amides is 3. The van der Waals surface area contributed by atoms with Gasteiger partial charge >= 0.3 is 0 Å². The first-order valence-corrected chi connectivity index (χ1v) is 15.3. The Morgan fingerprint density at radius 1 is 1.07 bits per heavy atom. The Hall–Kier alpha value is -2.84. The van der Waals surface area contributed by atoms with Gasteiger partial charge < -0.3 is 20.6 Å². The highest BCUT2D eigenvalue weighted by Gasteiger charge is 2.76. The lowest BCUT2D eigenvalue weighted by Crippen LogP contribution is -2.57. The lowest BCUT2D eigenvalue weighted by Gasteiger charge is -2.40. The molecule has 2 aromatic rings. The highest BCUT2D eigenvalue weighted by molar-refractivity contribution is 8.02. The predicted octanol–water partition coefficient (Wildman–Crippen LogP) is 4.30. The van der Waals surface area contributed by atoms with Crippen LogP contribution in [0.2, 0.25) is 0 Å². The number of carbonyl (C=O) groups is 3. The van der Waals surface area contributed by atoms with Crippen LogP contribution in [0.25, 0.3) is 0 Å². The van der Waals surface area contributed by atoms with Crippen LogP contribution in [0.4, 0.5) is 5.69 Å². The number of carbonyl (C=O) groups excluding carboxylic acids is 3. The maximum absolute atomic E-state index is 14.4. The largest absolute Gasteiger partial charge is 0.394 e. The van der Waals surface area contributed by atoms with E-state index in [2.05, 4.69) is 31.4 Å². The molecule has 3 fully saturated rings. The van der Waals surface area contributed by atoms with Crippen LogP contribution in [0.1, 0.15) is 50.3 Å². The van der Waals surface area contributed by atoms with Gasteiger partial charge in [0.05, 0.1) is 29.2 Å². The normalized spacial score (nSPS) is 29.5. The van der Waals surface area contributed by atoms with Crippen LogP contribution in [0.15, 0.2) is 48.5 Å². The Labute approximate surface area is 241 Å². The average molecular weight is 564 g/mol. The van der Waals surface area contributed by atoms with Gasteiger partial charge in [-0.25, -0.2) is 0 Å². The standard InChI is InChI=1S/C32H41N3O4S/c1-18(2)14-23(17-36)35-28(30(38)34-27-19(3)10-9-11-20(27)4)32-21(5)15-24(40-32)25(26(32)31(35)39)29(37)33-16-22-12-7-6-8-13-22/h6-13,18,21,23-26,28,36H,14-17H2,1-5H3,(H,33,37)(H,34,38)/t21?,23-,24-,25+,26+,28?,32?/m1/s1. The van der Waals surface area contributed by atoms with Gasteiger partial charge in [0, 0.05) is 17.5 Å². The van der Waals surface area contributed by atoms with Gasteiger partial charge in [-0.05, 0) is 55.2 Å². The van der Waals surface area contributed by atoms with Crippen LogP contribution in [0.3, 0.4) is 0 Å². The highest BCUT2D eigenvalue weighted by Crippen LogP contribution is 2.69. The first kappa shape index (κ1) is 28.7. The van der Waals surface area contributed by atoms with E-state index in [1.54, 1.807) is 16.7 Å². The van der Waals surface area contributed by atoms with Crippen molar-refractivity contribution in [3.63, 3.8) is 0 Å². The van der Waals surface area contributed by atoms with Crippen molar-refractivity contribution >= 4 is 35.2 Å². The molecule has 0 aliphatic carbocycles. The monoisotopic (exact) mass is 563 g/mol. The summed E-state index contributed by atoms with van der Waals surface area (Å²) in [6, 6.07) is 14.3. The fourth-order valence-electron chi connectivity index (χ4n) is 7.38. The molecule has 3 heterocycles. The van der Waals surface area contributed by atoms with Gasteiger partial charge in [0.1, 0.15) is 6.04 Å². The number of nitrogens with one attached hydrogen (secondary N) is 2. The van der Waals surface area contributed by atoms with E-state index < -0.39 is 28.7 Å². The summed E-state index contributed by atoms with van der Waals surface area (Å²) in [5, 5.41) is 16.7. The summed E-state index contributed by atoms with van der Waals surface area (Å²) in [6.07, 6.45) is 1.35. The zero-order valence-electron chi connectivity index (χ0n) is 24.0. The Morgan fingerprint density at radius 2 is 1.75 bits per heavy atom. The molecule has 40 heavy (non-hydrogen) atoms. The zero-order chi connectivity index (χ0) is 28.8. The van der Waals surface area contributed by atoms with Crippen molar-refractivity contribution in [1.82, 2.24) is 10.2 Å². The van der Waals surface area contributed by atoms with E-state index in [9.17, 15) is 19.5 Å². The molecule has 7 nitrogen and oxygen atoms in total. The van der Waals surface area contributed by atoms with E-state index in [1.807, 2.05) is 62.4 Å². The number of likely N-dealkylation sites (tertiary alicyclic amines) is 1. The highest BCUT2D eigenvalue weighted by atomic mass is 32.2. The van der Waals surface area contributed by atoms with Gasteiger partial charge in [0.2, 0.25) is 17.7 Å². The van der Waals surface area contributed by atoms with E-state index in [-0.39, 0.29) is 41.4 Å². The Kier molecular flexibility index (Phi) is 8.03. The van der Waals surface area contributed by atoms with Gasteiger partial charge in [-0.1, -0.05) is 69.3 Å². The second-order valence-electron chi connectivity index (χ2n) is 12.2. The fraction of sp³-hybridized carbons (Fsp3) is 0.531. The van der Waals surface area contributed by atoms with Gasteiger partial charge in [0.15, 0.2) is 0 Å². The molecule has 2 bridgehead atoms. The number of fused-ring (bicyclic) bond motifs is 1. The van der Waals surface area contributed by atoms with Crippen molar-refractivity contribution in [2.45, 2.75) is 76.1 Å². The zero-order valence-corrected chi connectivity index (χ0v) is 24.8. The summed E-state index contributed by atoms with van der Waals surface area (Å²) in [4.78, 5) is 44.2. The van der Waals surface area contributed by atoms with Crippen molar-refractivity contribution < 1.29 is 19.5 Å². The van der Waals surface area contributed by atoms with E-state index in [0.717, 1.165) is 28.8 Å². The molecule has 8 heteroatoms. The van der Waals surface area contributed by atoms with Crippen LogP contribution in [-0.2, 0) is 20.9 Å². The molecular formula is C32H41N3O4S. The van der Waals surface area contributed by atoms with Gasteiger partial charge in [0.25, 0.3) is 0 Å². The van der Waals surface area contributed by atoms with Crippen LogP contribution < -0.4 is 10.6 Å². The number of benzene rings is 2. The summed E-state index contributed by atoms with van der Waals surface area (Å²) in [6.45, 7) is 10.3. The number of nitrogens with zero attached hydrogens (tertiary/aromatic N) is 1. The summed E-state index contributed by atoms with van der Waals surface area (Å²) in [7, 11) is 0. The number of thioether (sulfide) groups is 1. The summed E-state index contributed by atoms with van der Waals surface area (Å²) >= 11 is 1.66. The molecule has 7 atom stereocenters. The van der Waals surface area contributed by atoms with Crippen LogP contribution in [-0.4, -0.2) is 56.4 Å². The van der Waals surface area contributed by atoms with Crippen LogP contribution in [0.5, 0.6) is 0 Å². The van der Waals surface area contributed by atoms with Gasteiger partial charge in [-0.15, -0.1) is 11.8 Å². The molecule has 0 aromatic heterocycles. The SMILES string of the molecule is Cc1cccc(C)c1NC(=O)C1N([C@@H](CO)CC(C)C)C(=O)[C@@H]2[C@@H](C(=O)NCc3ccccc3)[C@H]3CC(C)C12S3. The van der Waals surface area contributed by atoms with Gasteiger partial charge in [-0.2, -0.15) is 0 Å². The molecule has 3 aliphatic heterocycles. The molecule has 3 aliphatic rings. The number of para-hydroxylation sites is 1. The first-order valence-electron chi connectivity index (χ1n) is 14.4. The molecule has 3 unspecified atom stereocenters. The van der Waals surface area contributed by atoms with Crippen molar-refractivity contribution in [3.8, 4) is 0 Å². The minimum Gasteiger partial charge on any atom is -0.394 e. The average Bonchev–Trinajstić information content (AvgIpc) is 3.52. The first-order chi connectivity index (χ1) is 19.1. The third kappa shape index (κ3) is 4.73. The van der Waals surface area contributed by atoms with E-state index in [1.165, 1.54) is 0 Å². The van der Waals surface area contributed by atoms with Crippen molar-refractivity contribution in [1.29, 1.82) is 0 Å². The number of anilines is 1. The van der Waals surface area contributed by atoms with Crippen LogP contribution >= 0.6 is 11.8 Å². The smallest absolute Gasteiger partial charge is 0.248 e. The molecule has 0 saturated carbocycles. The number of aliphatic hydroxyl groups is 1. The molecule has 3 amide bonds.